The average molecular weight is 334 g/mol. The highest BCUT2D eigenvalue weighted by Crippen LogP contribution is 2.13. The molecule has 0 bridgehead atoms. The predicted octanol–water partition coefficient (Wildman–Crippen LogP) is 2.67. The molecule has 3 rings (SSSR count). The highest BCUT2D eigenvalue weighted by atomic mass is 16.4. The summed E-state index contributed by atoms with van der Waals surface area (Å²) in [7, 11) is 0. The zero-order valence-electron chi connectivity index (χ0n) is 13.4. The van der Waals surface area contributed by atoms with Gasteiger partial charge in [-0.05, 0) is 12.1 Å². The number of nitrogens with zero attached hydrogens (tertiary/aromatic N) is 1. The van der Waals surface area contributed by atoms with Gasteiger partial charge in [-0.2, -0.15) is 4.57 Å². The van der Waals surface area contributed by atoms with E-state index in [-0.39, 0.29) is 18.0 Å². The molecule has 0 saturated carbocycles. The standard InChI is InChI=1S/C20H15NO4/c22-18(12-20(24)25)17-11-10-14-6-4-5-9-16(14)21(17)13-19(23)15-7-2-1-3-8-15/h1-11H,12-13H2/p+1. The summed E-state index contributed by atoms with van der Waals surface area (Å²) in [5, 5.41) is 9.78. The number of fused-ring (bicyclic) bond motifs is 1. The Morgan fingerprint density at radius 1 is 0.800 bits per heavy atom. The second-order valence-electron chi connectivity index (χ2n) is 5.65. The van der Waals surface area contributed by atoms with Crippen molar-refractivity contribution < 1.29 is 24.1 Å². The fraction of sp³-hybridized carbons (Fsp3) is 0.100. The van der Waals surface area contributed by atoms with Gasteiger partial charge >= 0.3 is 5.97 Å². The lowest BCUT2D eigenvalue weighted by Gasteiger charge is -2.06. The molecule has 2 aromatic carbocycles. The third-order valence-electron chi connectivity index (χ3n) is 3.93. The number of hydrogen-bond donors (Lipinski definition) is 1. The number of carbonyl (C=O) groups excluding carboxylic acids is 2. The molecule has 1 aromatic heterocycles. The average Bonchev–Trinajstić information content (AvgIpc) is 2.62. The lowest BCUT2D eigenvalue weighted by atomic mass is 10.1. The maximum absolute atomic E-state index is 12.6. The number of benzene rings is 2. The summed E-state index contributed by atoms with van der Waals surface area (Å²) in [5.41, 5.74) is 1.47. The first-order valence-corrected chi connectivity index (χ1v) is 7.81. The molecule has 0 atom stereocenters. The predicted molar refractivity (Wildman–Crippen MR) is 91.5 cm³/mol. The first kappa shape index (κ1) is 16.5. The van der Waals surface area contributed by atoms with E-state index >= 15 is 0 Å². The topological polar surface area (TPSA) is 75.3 Å². The molecule has 5 heteroatoms. The zero-order valence-corrected chi connectivity index (χ0v) is 13.4. The van der Waals surface area contributed by atoms with Crippen molar-refractivity contribution in [3.05, 3.63) is 78.0 Å². The Hall–Kier alpha value is -3.34. The van der Waals surface area contributed by atoms with Gasteiger partial charge in [-0.15, -0.1) is 0 Å². The molecule has 0 amide bonds. The van der Waals surface area contributed by atoms with Crippen molar-refractivity contribution in [1.29, 1.82) is 0 Å². The normalized spacial score (nSPS) is 10.6. The minimum absolute atomic E-state index is 0.0357. The van der Waals surface area contributed by atoms with E-state index < -0.39 is 18.2 Å². The van der Waals surface area contributed by atoms with Crippen LogP contribution in [0.1, 0.15) is 27.3 Å². The summed E-state index contributed by atoms with van der Waals surface area (Å²) < 4.78 is 1.59. The quantitative estimate of drug-likeness (QED) is 0.427. The van der Waals surface area contributed by atoms with Crippen molar-refractivity contribution in [3.63, 3.8) is 0 Å². The molecule has 1 heterocycles. The maximum atomic E-state index is 12.6. The van der Waals surface area contributed by atoms with Gasteiger partial charge in [-0.25, -0.2) is 0 Å². The lowest BCUT2D eigenvalue weighted by molar-refractivity contribution is -0.659. The van der Waals surface area contributed by atoms with Crippen LogP contribution in [0, 0.1) is 0 Å². The number of aliphatic carboxylic acids is 1. The molecule has 1 N–H and O–H groups in total. The van der Waals surface area contributed by atoms with Crippen molar-refractivity contribution in [2.24, 2.45) is 0 Å². The van der Waals surface area contributed by atoms with Gasteiger partial charge in [0.2, 0.25) is 29.3 Å². The van der Waals surface area contributed by atoms with Crippen LogP contribution in [0.2, 0.25) is 0 Å². The second-order valence-corrected chi connectivity index (χ2v) is 5.65. The van der Waals surface area contributed by atoms with Crippen LogP contribution in [0.5, 0.6) is 0 Å². The van der Waals surface area contributed by atoms with E-state index in [1.807, 2.05) is 30.3 Å². The monoisotopic (exact) mass is 334 g/mol. The largest absolute Gasteiger partial charge is 0.481 e. The molecule has 5 nitrogen and oxygen atoms in total. The SMILES string of the molecule is O=C(O)CC(=O)c1ccc2ccccc2[n+]1CC(=O)c1ccccc1. The van der Waals surface area contributed by atoms with E-state index in [0.717, 1.165) is 5.39 Å². The Morgan fingerprint density at radius 2 is 1.48 bits per heavy atom. The zero-order chi connectivity index (χ0) is 17.8. The van der Waals surface area contributed by atoms with Crippen molar-refractivity contribution in [2.45, 2.75) is 13.0 Å². The van der Waals surface area contributed by atoms with Gasteiger partial charge < -0.3 is 5.11 Å². The third kappa shape index (κ3) is 3.61. The number of pyridine rings is 1. The van der Waals surface area contributed by atoms with Crippen LogP contribution in [0.25, 0.3) is 10.9 Å². The molecule has 0 aliphatic rings. The Balaban J connectivity index is 2.08. The Bertz CT molecular complexity index is 964. The molecule has 0 saturated heterocycles. The summed E-state index contributed by atoms with van der Waals surface area (Å²) in [4.78, 5) is 35.8. The van der Waals surface area contributed by atoms with Crippen LogP contribution in [0.4, 0.5) is 0 Å². The number of aromatic nitrogens is 1. The number of hydrogen-bond acceptors (Lipinski definition) is 3. The van der Waals surface area contributed by atoms with Crippen molar-refractivity contribution in [1.82, 2.24) is 0 Å². The minimum Gasteiger partial charge on any atom is -0.481 e. The first-order valence-electron chi connectivity index (χ1n) is 7.81. The number of ketones is 2. The molecule has 0 unspecified atom stereocenters. The van der Waals surface area contributed by atoms with Gasteiger partial charge in [0.05, 0.1) is 0 Å². The molecule has 0 spiro atoms. The summed E-state index contributed by atoms with van der Waals surface area (Å²) in [6.07, 6.45) is -0.613. The van der Waals surface area contributed by atoms with Gasteiger partial charge in [0.1, 0.15) is 6.42 Å². The molecule has 0 fully saturated rings. The number of carboxylic acid groups (broad SMARTS) is 1. The summed E-state index contributed by atoms with van der Waals surface area (Å²) in [6, 6.07) is 19.5. The lowest BCUT2D eigenvalue weighted by Crippen LogP contribution is -2.44. The summed E-state index contributed by atoms with van der Waals surface area (Å²) >= 11 is 0. The highest BCUT2D eigenvalue weighted by molar-refractivity contribution is 6.04. The molecule has 3 aromatic rings. The van der Waals surface area contributed by atoms with Gasteiger partial charge in [0, 0.05) is 23.1 Å². The summed E-state index contributed by atoms with van der Waals surface area (Å²) in [6.45, 7) is -0.0357. The number of para-hydroxylation sites is 1. The Kier molecular flexibility index (Phi) is 4.66. The summed E-state index contributed by atoms with van der Waals surface area (Å²) in [5.74, 6) is -1.87. The molecule has 124 valence electrons. The Morgan fingerprint density at radius 3 is 2.20 bits per heavy atom. The van der Waals surface area contributed by atoms with E-state index in [9.17, 15) is 14.4 Å². The van der Waals surface area contributed by atoms with Gasteiger partial charge in [-0.1, -0.05) is 42.5 Å². The maximum Gasteiger partial charge on any atom is 0.311 e. The molecule has 0 aliphatic carbocycles. The smallest absolute Gasteiger partial charge is 0.311 e. The van der Waals surface area contributed by atoms with Crippen molar-refractivity contribution >= 4 is 28.4 Å². The van der Waals surface area contributed by atoms with Crippen LogP contribution in [0.15, 0.2) is 66.7 Å². The molecule has 0 aliphatic heterocycles. The van der Waals surface area contributed by atoms with Crippen LogP contribution in [-0.4, -0.2) is 22.6 Å². The molecular weight excluding hydrogens is 318 g/mol. The molecule has 25 heavy (non-hydrogen) atoms. The van der Waals surface area contributed by atoms with E-state index in [2.05, 4.69) is 0 Å². The second kappa shape index (κ2) is 7.05. The van der Waals surface area contributed by atoms with Crippen LogP contribution < -0.4 is 4.57 Å². The minimum atomic E-state index is -1.20. The van der Waals surface area contributed by atoms with Crippen molar-refractivity contribution in [2.75, 3.05) is 0 Å². The fourth-order valence-corrected chi connectivity index (χ4v) is 2.76. The van der Waals surface area contributed by atoms with E-state index in [1.54, 1.807) is 41.0 Å². The Labute approximate surface area is 144 Å². The highest BCUT2D eigenvalue weighted by Gasteiger charge is 2.26. The third-order valence-corrected chi connectivity index (χ3v) is 3.93. The number of Topliss-reactive ketones (excluding diaryl/α,β-unsaturated/α-hetero) is 2. The molecular formula is C20H16NO4+. The van der Waals surface area contributed by atoms with Gasteiger partial charge in [0.15, 0.2) is 0 Å². The van der Waals surface area contributed by atoms with Crippen LogP contribution in [-0.2, 0) is 11.3 Å². The number of carbonyl (C=O) groups is 3. The van der Waals surface area contributed by atoms with E-state index in [4.69, 9.17) is 5.11 Å². The van der Waals surface area contributed by atoms with Gasteiger partial charge in [0.25, 0.3) is 0 Å². The van der Waals surface area contributed by atoms with E-state index in [0.29, 0.717) is 11.1 Å². The first-order chi connectivity index (χ1) is 12.1. The van der Waals surface area contributed by atoms with Gasteiger partial charge in [-0.3, -0.25) is 14.4 Å². The van der Waals surface area contributed by atoms with E-state index in [1.165, 1.54) is 0 Å². The van der Waals surface area contributed by atoms with Crippen LogP contribution >= 0.6 is 0 Å². The number of carboxylic acids is 1. The van der Waals surface area contributed by atoms with Crippen LogP contribution in [0.3, 0.4) is 0 Å². The van der Waals surface area contributed by atoms with Crippen molar-refractivity contribution in [3.8, 4) is 0 Å². The fourth-order valence-electron chi connectivity index (χ4n) is 2.76. The molecule has 0 radical (unpaired) electrons. The number of rotatable bonds is 6.